The fourth-order valence-corrected chi connectivity index (χ4v) is 2.05. The molecule has 2 aromatic carbocycles. The van der Waals surface area contributed by atoms with Crippen molar-refractivity contribution in [1.29, 1.82) is 0 Å². The molecule has 3 rings (SSSR count). The lowest BCUT2D eigenvalue weighted by Crippen LogP contribution is -2.08. The summed E-state index contributed by atoms with van der Waals surface area (Å²) in [6.07, 6.45) is 0. The van der Waals surface area contributed by atoms with Gasteiger partial charge in [-0.3, -0.25) is 0 Å². The van der Waals surface area contributed by atoms with E-state index in [-0.39, 0.29) is 0 Å². The summed E-state index contributed by atoms with van der Waals surface area (Å²) in [5, 5.41) is 1.83. The monoisotopic (exact) mass is 263 g/mol. The number of benzene rings is 2. The topological polar surface area (TPSA) is 39.2 Å². The van der Waals surface area contributed by atoms with Crippen LogP contribution < -0.4 is 4.74 Å². The molecule has 0 N–H and O–H groups in total. The van der Waals surface area contributed by atoms with Crippen LogP contribution in [0, 0.1) is 0 Å². The smallest absolute Gasteiger partial charge is 0.338 e. The highest BCUT2D eigenvalue weighted by Gasteiger charge is 2.10. The van der Waals surface area contributed by atoms with Crippen molar-refractivity contribution in [2.75, 3.05) is 0 Å². The molecule has 3 heteroatoms. The Bertz CT molecular complexity index is 837. The predicted octanol–water partition coefficient (Wildman–Crippen LogP) is 3.87. The van der Waals surface area contributed by atoms with Gasteiger partial charge in [0.15, 0.2) is 0 Å². The molecular formula is C17H13NO2. The Morgan fingerprint density at radius 2 is 1.85 bits per heavy atom. The molecule has 0 unspecified atom stereocenters. The average molecular weight is 263 g/mol. The number of aromatic nitrogens is 1. The summed E-state index contributed by atoms with van der Waals surface area (Å²) >= 11 is 0. The highest BCUT2D eigenvalue weighted by atomic mass is 16.5. The number of hydrogen-bond acceptors (Lipinski definition) is 3. The van der Waals surface area contributed by atoms with Crippen LogP contribution in [0.1, 0.15) is 6.92 Å². The first-order valence-electron chi connectivity index (χ1n) is 6.31. The zero-order chi connectivity index (χ0) is 14.1. The van der Waals surface area contributed by atoms with Gasteiger partial charge in [-0.25, -0.2) is 9.78 Å². The minimum absolute atomic E-state index is 0.371. The maximum absolute atomic E-state index is 11.7. The van der Waals surface area contributed by atoms with Crippen LogP contribution in [0.4, 0.5) is 0 Å². The van der Waals surface area contributed by atoms with E-state index in [1.54, 1.807) is 13.0 Å². The van der Waals surface area contributed by atoms with Crippen LogP contribution in [-0.2, 0) is 4.79 Å². The van der Waals surface area contributed by atoms with E-state index in [0.29, 0.717) is 11.3 Å². The molecule has 0 fully saturated rings. The molecule has 1 heterocycles. The number of carbonyl (C=O) groups excluding carboxylic acids is 1. The van der Waals surface area contributed by atoms with Crippen LogP contribution in [0.2, 0.25) is 0 Å². The number of pyridine rings is 1. The SMILES string of the molecule is C=C(C)C(=O)Oc1cccc2nc3ccccc3cc12. The van der Waals surface area contributed by atoms with E-state index in [9.17, 15) is 4.79 Å². The maximum Gasteiger partial charge on any atom is 0.338 e. The molecule has 98 valence electrons. The normalized spacial score (nSPS) is 10.7. The van der Waals surface area contributed by atoms with Crippen molar-refractivity contribution in [3.8, 4) is 5.75 Å². The quantitative estimate of drug-likeness (QED) is 0.305. The molecule has 0 radical (unpaired) electrons. The summed E-state index contributed by atoms with van der Waals surface area (Å²) in [6.45, 7) is 5.22. The molecule has 0 bridgehead atoms. The van der Waals surface area contributed by atoms with Crippen LogP contribution >= 0.6 is 0 Å². The second-order valence-electron chi connectivity index (χ2n) is 4.67. The molecule has 0 saturated carbocycles. The fourth-order valence-electron chi connectivity index (χ4n) is 2.05. The number of carbonyl (C=O) groups is 1. The number of fused-ring (bicyclic) bond motifs is 2. The molecule has 1 aromatic heterocycles. The largest absolute Gasteiger partial charge is 0.422 e. The van der Waals surface area contributed by atoms with Gasteiger partial charge in [0.1, 0.15) is 5.75 Å². The van der Waals surface area contributed by atoms with E-state index in [0.717, 1.165) is 21.8 Å². The first kappa shape index (κ1) is 12.4. The van der Waals surface area contributed by atoms with E-state index in [4.69, 9.17) is 4.74 Å². The Labute approximate surface area is 116 Å². The minimum atomic E-state index is -0.425. The van der Waals surface area contributed by atoms with Crippen LogP contribution in [0.5, 0.6) is 5.75 Å². The summed E-state index contributed by atoms with van der Waals surface area (Å²) in [6, 6.07) is 15.3. The molecule has 0 saturated heterocycles. The molecule has 0 atom stereocenters. The van der Waals surface area contributed by atoms with Crippen LogP contribution in [-0.4, -0.2) is 11.0 Å². The third kappa shape index (κ3) is 2.14. The molecule has 0 aliphatic heterocycles. The van der Waals surface area contributed by atoms with E-state index in [1.807, 2.05) is 42.5 Å². The van der Waals surface area contributed by atoms with Crippen molar-refractivity contribution >= 4 is 27.8 Å². The molecule has 0 amide bonds. The van der Waals surface area contributed by atoms with E-state index >= 15 is 0 Å². The van der Waals surface area contributed by atoms with E-state index in [1.165, 1.54) is 0 Å². The Kier molecular flexibility index (Phi) is 2.95. The molecular weight excluding hydrogens is 250 g/mol. The molecule has 0 spiro atoms. The second kappa shape index (κ2) is 4.78. The minimum Gasteiger partial charge on any atom is -0.422 e. The summed E-state index contributed by atoms with van der Waals surface area (Å²) in [4.78, 5) is 16.3. The fraction of sp³-hybridized carbons (Fsp3) is 0.0588. The Balaban J connectivity index is 2.20. The van der Waals surface area contributed by atoms with Gasteiger partial charge < -0.3 is 4.74 Å². The van der Waals surface area contributed by atoms with Gasteiger partial charge in [0.2, 0.25) is 0 Å². The van der Waals surface area contributed by atoms with Crippen LogP contribution in [0.15, 0.2) is 60.7 Å². The average Bonchev–Trinajstić information content (AvgIpc) is 2.45. The summed E-state index contributed by atoms with van der Waals surface area (Å²) in [7, 11) is 0. The third-order valence-electron chi connectivity index (χ3n) is 3.07. The lowest BCUT2D eigenvalue weighted by molar-refractivity contribution is -0.129. The summed E-state index contributed by atoms with van der Waals surface area (Å²) in [5.41, 5.74) is 2.09. The van der Waals surface area contributed by atoms with Crippen LogP contribution in [0.3, 0.4) is 0 Å². The lowest BCUT2D eigenvalue weighted by Gasteiger charge is -2.08. The van der Waals surface area contributed by atoms with Gasteiger partial charge in [0.25, 0.3) is 0 Å². The highest BCUT2D eigenvalue weighted by molar-refractivity contribution is 5.98. The lowest BCUT2D eigenvalue weighted by atomic mass is 10.1. The zero-order valence-corrected chi connectivity index (χ0v) is 11.1. The maximum atomic E-state index is 11.7. The molecule has 3 nitrogen and oxygen atoms in total. The van der Waals surface area contributed by atoms with Gasteiger partial charge in [-0.05, 0) is 31.2 Å². The van der Waals surface area contributed by atoms with Crippen molar-refractivity contribution in [1.82, 2.24) is 4.98 Å². The van der Waals surface area contributed by atoms with Gasteiger partial charge in [-0.2, -0.15) is 0 Å². The van der Waals surface area contributed by atoms with Crippen LogP contribution in [0.25, 0.3) is 21.8 Å². The highest BCUT2D eigenvalue weighted by Crippen LogP contribution is 2.28. The number of hydrogen-bond donors (Lipinski definition) is 0. The standard InChI is InChI=1S/C17H13NO2/c1-11(2)17(19)20-16-9-5-8-15-13(16)10-12-6-3-4-7-14(12)18-15/h3-10H,1H2,2H3. The number of nitrogens with zero attached hydrogens (tertiary/aromatic N) is 1. The first-order chi connectivity index (χ1) is 9.65. The molecule has 0 aliphatic carbocycles. The van der Waals surface area contributed by atoms with Gasteiger partial charge in [-0.15, -0.1) is 0 Å². The van der Waals surface area contributed by atoms with Crippen molar-refractivity contribution in [3.63, 3.8) is 0 Å². The Hall–Kier alpha value is -2.68. The molecule has 3 aromatic rings. The van der Waals surface area contributed by atoms with Crippen molar-refractivity contribution < 1.29 is 9.53 Å². The number of ether oxygens (including phenoxy) is 1. The second-order valence-corrected chi connectivity index (χ2v) is 4.67. The van der Waals surface area contributed by atoms with E-state index in [2.05, 4.69) is 11.6 Å². The zero-order valence-electron chi connectivity index (χ0n) is 11.1. The van der Waals surface area contributed by atoms with Crippen molar-refractivity contribution in [3.05, 3.63) is 60.7 Å². The third-order valence-corrected chi connectivity index (χ3v) is 3.07. The number of rotatable bonds is 2. The van der Waals surface area contributed by atoms with Gasteiger partial charge in [0.05, 0.1) is 11.0 Å². The number of para-hydroxylation sites is 1. The first-order valence-corrected chi connectivity index (χ1v) is 6.31. The van der Waals surface area contributed by atoms with Gasteiger partial charge in [-0.1, -0.05) is 30.8 Å². The van der Waals surface area contributed by atoms with Crippen molar-refractivity contribution in [2.45, 2.75) is 6.92 Å². The summed E-state index contributed by atoms with van der Waals surface area (Å²) < 4.78 is 5.36. The van der Waals surface area contributed by atoms with Gasteiger partial charge >= 0.3 is 5.97 Å². The molecule has 0 aliphatic rings. The van der Waals surface area contributed by atoms with Crippen molar-refractivity contribution in [2.24, 2.45) is 0 Å². The predicted molar refractivity (Wildman–Crippen MR) is 79.7 cm³/mol. The Morgan fingerprint density at radius 3 is 2.65 bits per heavy atom. The van der Waals surface area contributed by atoms with E-state index < -0.39 is 5.97 Å². The number of esters is 1. The molecule has 20 heavy (non-hydrogen) atoms. The summed E-state index contributed by atoms with van der Waals surface area (Å²) in [5.74, 6) is 0.0828. The Morgan fingerprint density at radius 1 is 1.10 bits per heavy atom. The van der Waals surface area contributed by atoms with Gasteiger partial charge in [0, 0.05) is 16.3 Å².